The summed E-state index contributed by atoms with van der Waals surface area (Å²) in [6, 6.07) is 7.65. The zero-order valence-corrected chi connectivity index (χ0v) is 16.6. The lowest BCUT2D eigenvalue weighted by atomic mass is 9.73. The predicted molar refractivity (Wildman–Crippen MR) is 103 cm³/mol. The fraction of sp³-hybridized carbons (Fsp3) is 0.684. The first-order valence-corrected chi connectivity index (χ1v) is 11.6. The summed E-state index contributed by atoms with van der Waals surface area (Å²) in [7, 11) is -3.30. The molecule has 0 N–H and O–H groups in total. The van der Waals surface area contributed by atoms with Gasteiger partial charge in [-0.1, -0.05) is 30.2 Å². The molecule has 1 aliphatic carbocycles. The fourth-order valence-electron chi connectivity index (χ4n) is 4.95. The Labute approximate surface area is 161 Å². The highest BCUT2D eigenvalue weighted by Crippen LogP contribution is 2.39. The third-order valence-corrected chi connectivity index (χ3v) is 8.15. The fourth-order valence-corrected chi connectivity index (χ4v) is 6.71. The van der Waals surface area contributed by atoms with Crippen molar-refractivity contribution in [2.45, 2.75) is 31.1 Å². The van der Waals surface area contributed by atoms with E-state index >= 15 is 0 Å². The van der Waals surface area contributed by atoms with Crippen molar-refractivity contribution >= 4 is 21.6 Å². The molecule has 7 heteroatoms. The molecule has 2 bridgehead atoms. The van der Waals surface area contributed by atoms with Crippen molar-refractivity contribution < 1.29 is 13.2 Å². The van der Waals surface area contributed by atoms with Gasteiger partial charge in [0.25, 0.3) is 0 Å². The quantitative estimate of drug-likeness (QED) is 0.782. The lowest BCUT2D eigenvalue weighted by molar-refractivity contribution is -0.0480. The second-order valence-electron chi connectivity index (χ2n) is 7.79. The number of morpholine rings is 1. The maximum absolute atomic E-state index is 13.0. The van der Waals surface area contributed by atoms with E-state index in [1.807, 2.05) is 0 Å². The van der Waals surface area contributed by atoms with Gasteiger partial charge in [0.1, 0.15) is 0 Å². The van der Waals surface area contributed by atoms with Crippen LogP contribution in [0.3, 0.4) is 0 Å². The number of sulfonamides is 1. The van der Waals surface area contributed by atoms with E-state index in [0.29, 0.717) is 36.0 Å². The van der Waals surface area contributed by atoms with Crippen molar-refractivity contribution in [3.05, 3.63) is 34.9 Å². The Hall–Kier alpha value is -0.660. The number of hydrogen-bond acceptors (Lipinski definition) is 4. The number of hydrogen-bond donors (Lipinski definition) is 0. The molecule has 1 aromatic carbocycles. The van der Waals surface area contributed by atoms with Crippen molar-refractivity contribution in [1.82, 2.24) is 9.21 Å². The molecule has 5 nitrogen and oxygen atoms in total. The molecule has 1 saturated carbocycles. The standard InChI is InChI=1S/C19H27ClN2O3S/c20-18-6-4-15(5-7-18)14-26(23,24)22-12-16-2-1-3-17(13-22)19(16)21-8-10-25-11-9-21/h4-7,16-17,19H,1-3,8-14H2. The number of halogens is 1. The third kappa shape index (κ3) is 3.94. The molecule has 3 aliphatic rings. The molecule has 2 aliphatic heterocycles. The molecular formula is C19H27ClN2O3S. The van der Waals surface area contributed by atoms with Gasteiger partial charge in [0.15, 0.2) is 0 Å². The van der Waals surface area contributed by atoms with Crippen LogP contribution in [0.25, 0.3) is 0 Å². The van der Waals surface area contributed by atoms with Gasteiger partial charge in [0.2, 0.25) is 10.0 Å². The van der Waals surface area contributed by atoms with E-state index in [4.69, 9.17) is 16.3 Å². The summed E-state index contributed by atoms with van der Waals surface area (Å²) in [6.07, 6.45) is 3.48. The highest BCUT2D eigenvalue weighted by Gasteiger charge is 2.45. The van der Waals surface area contributed by atoms with Crippen LogP contribution in [0, 0.1) is 11.8 Å². The van der Waals surface area contributed by atoms with Crippen LogP contribution in [0.15, 0.2) is 24.3 Å². The van der Waals surface area contributed by atoms with Gasteiger partial charge < -0.3 is 4.74 Å². The number of nitrogens with zero attached hydrogens (tertiary/aromatic N) is 2. The maximum Gasteiger partial charge on any atom is 0.218 e. The van der Waals surface area contributed by atoms with Crippen LogP contribution in [0.2, 0.25) is 5.02 Å². The Bertz CT molecular complexity index is 705. The number of rotatable bonds is 4. The first kappa shape index (κ1) is 18.7. The van der Waals surface area contributed by atoms with E-state index in [1.54, 1.807) is 28.6 Å². The van der Waals surface area contributed by atoms with Gasteiger partial charge >= 0.3 is 0 Å². The highest BCUT2D eigenvalue weighted by atomic mass is 35.5. The van der Waals surface area contributed by atoms with Gasteiger partial charge in [-0.3, -0.25) is 4.90 Å². The molecule has 144 valence electrons. The van der Waals surface area contributed by atoms with E-state index in [1.165, 1.54) is 6.42 Å². The van der Waals surface area contributed by atoms with Crippen LogP contribution < -0.4 is 0 Å². The Morgan fingerprint density at radius 1 is 1.04 bits per heavy atom. The van der Waals surface area contributed by atoms with Crippen LogP contribution in [0.4, 0.5) is 0 Å². The van der Waals surface area contributed by atoms with Gasteiger partial charge in [0, 0.05) is 37.2 Å². The molecule has 2 saturated heterocycles. The first-order valence-electron chi connectivity index (χ1n) is 9.57. The first-order chi connectivity index (χ1) is 12.5. The lowest BCUT2D eigenvalue weighted by Gasteiger charge is -2.51. The average Bonchev–Trinajstić information content (AvgIpc) is 2.63. The number of piperidine rings is 1. The van der Waals surface area contributed by atoms with Crippen molar-refractivity contribution in [3.63, 3.8) is 0 Å². The minimum atomic E-state index is -3.30. The second-order valence-corrected chi connectivity index (χ2v) is 10.2. The Morgan fingerprint density at radius 3 is 2.27 bits per heavy atom. The summed E-state index contributed by atoms with van der Waals surface area (Å²) in [5.74, 6) is 0.951. The molecule has 3 fully saturated rings. The maximum atomic E-state index is 13.0. The molecule has 2 heterocycles. The van der Waals surface area contributed by atoms with Crippen LogP contribution in [-0.4, -0.2) is 63.1 Å². The normalized spacial score (nSPS) is 31.0. The number of ether oxygens (including phenoxy) is 1. The van der Waals surface area contributed by atoms with E-state index in [-0.39, 0.29) is 5.75 Å². The zero-order valence-electron chi connectivity index (χ0n) is 15.0. The summed E-state index contributed by atoms with van der Waals surface area (Å²) in [5, 5.41) is 0.631. The number of benzene rings is 1. The third-order valence-electron chi connectivity index (χ3n) is 6.12. The molecule has 26 heavy (non-hydrogen) atoms. The Balaban J connectivity index is 1.48. The molecule has 2 unspecified atom stereocenters. The Morgan fingerprint density at radius 2 is 1.65 bits per heavy atom. The molecular weight excluding hydrogens is 372 g/mol. The summed E-state index contributed by atoms with van der Waals surface area (Å²) in [4.78, 5) is 2.56. The van der Waals surface area contributed by atoms with E-state index in [9.17, 15) is 8.42 Å². The second kappa shape index (κ2) is 7.76. The average molecular weight is 399 g/mol. The van der Waals surface area contributed by atoms with Crippen molar-refractivity contribution in [2.24, 2.45) is 11.8 Å². The Kier molecular flexibility index (Phi) is 5.58. The molecule has 2 atom stereocenters. The summed E-state index contributed by atoms with van der Waals surface area (Å²) < 4.78 is 33.3. The van der Waals surface area contributed by atoms with Crippen molar-refractivity contribution in [2.75, 3.05) is 39.4 Å². The van der Waals surface area contributed by atoms with Gasteiger partial charge in [0.05, 0.1) is 19.0 Å². The van der Waals surface area contributed by atoms with Gasteiger partial charge in [-0.15, -0.1) is 0 Å². The minimum absolute atomic E-state index is 0.0613. The summed E-state index contributed by atoms with van der Waals surface area (Å²) in [5.41, 5.74) is 0.801. The molecule has 0 spiro atoms. The topological polar surface area (TPSA) is 49.9 Å². The predicted octanol–water partition coefficient (Wildman–Crippen LogP) is 2.60. The van der Waals surface area contributed by atoms with Crippen LogP contribution >= 0.6 is 11.6 Å². The van der Waals surface area contributed by atoms with Crippen molar-refractivity contribution in [1.29, 1.82) is 0 Å². The minimum Gasteiger partial charge on any atom is -0.379 e. The lowest BCUT2D eigenvalue weighted by Crippen LogP contribution is -2.61. The molecule has 0 amide bonds. The van der Waals surface area contributed by atoms with Crippen molar-refractivity contribution in [3.8, 4) is 0 Å². The zero-order chi connectivity index (χ0) is 18.1. The SMILES string of the molecule is O=S(=O)(Cc1ccc(Cl)cc1)N1CC2CCCC(C1)C2N1CCOCC1. The summed E-state index contributed by atoms with van der Waals surface area (Å²) in [6.45, 7) is 4.89. The molecule has 4 rings (SSSR count). The van der Waals surface area contributed by atoms with Gasteiger partial charge in [-0.2, -0.15) is 0 Å². The van der Waals surface area contributed by atoms with Crippen LogP contribution in [-0.2, 0) is 20.5 Å². The van der Waals surface area contributed by atoms with E-state index in [2.05, 4.69) is 4.90 Å². The van der Waals surface area contributed by atoms with E-state index in [0.717, 1.165) is 44.7 Å². The summed E-state index contributed by atoms with van der Waals surface area (Å²) >= 11 is 5.91. The molecule has 0 aromatic heterocycles. The monoisotopic (exact) mass is 398 g/mol. The highest BCUT2D eigenvalue weighted by molar-refractivity contribution is 7.88. The van der Waals surface area contributed by atoms with E-state index < -0.39 is 10.0 Å². The largest absolute Gasteiger partial charge is 0.379 e. The molecule has 1 aromatic rings. The van der Waals surface area contributed by atoms with Gasteiger partial charge in [-0.25, -0.2) is 12.7 Å². The van der Waals surface area contributed by atoms with Crippen LogP contribution in [0.1, 0.15) is 24.8 Å². The number of fused-ring (bicyclic) bond motifs is 2. The molecule has 0 radical (unpaired) electrons. The van der Waals surface area contributed by atoms with Gasteiger partial charge in [-0.05, 0) is 42.4 Å². The van der Waals surface area contributed by atoms with Crippen LogP contribution in [0.5, 0.6) is 0 Å². The smallest absolute Gasteiger partial charge is 0.218 e.